The van der Waals surface area contributed by atoms with Crippen LogP contribution in [0.5, 0.6) is 0 Å². The van der Waals surface area contributed by atoms with Gasteiger partial charge in [0.2, 0.25) is 0 Å². The lowest BCUT2D eigenvalue weighted by Gasteiger charge is -2.41. The monoisotopic (exact) mass is 240 g/mol. The van der Waals surface area contributed by atoms with Gasteiger partial charge in [0, 0.05) is 17.2 Å². The highest BCUT2D eigenvalue weighted by molar-refractivity contribution is 5.69. The third-order valence-electron chi connectivity index (χ3n) is 3.27. The number of rotatable bonds is 4. The van der Waals surface area contributed by atoms with Gasteiger partial charge in [-0.05, 0) is 25.5 Å². The van der Waals surface area contributed by atoms with E-state index >= 15 is 0 Å². The number of pyridine rings is 1. The molecule has 0 spiro atoms. The van der Waals surface area contributed by atoms with E-state index in [9.17, 15) is 9.18 Å². The Morgan fingerprint density at radius 3 is 2.47 bits per heavy atom. The maximum Gasteiger partial charge on any atom is 0.304 e. The molecular formula is C12H17FN2O2. The summed E-state index contributed by atoms with van der Waals surface area (Å²) in [4.78, 5) is 14.7. The summed E-state index contributed by atoms with van der Waals surface area (Å²) in [6.07, 6.45) is 2.36. The van der Waals surface area contributed by atoms with Crippen LogP contribution >= 0.6 is 0 Å². The predicted octanol–water partition coefficient (Wildman–Crippen LogP) is 1.69. The Bertz CT molecular complexity index is 429. The molecule has 5 heteroatoms. The van der Waals surface area contributed by atoms with Gasteiger partial charge in [-0.1, -0.05) is 6.92 Å². The van der Waals surface area contributed by atoms with Crippen LogP contribution in [0.25, 0.3) is 0 Å². The van der Waals surface area contributed by atoms with Crippen molar-refractivity contribution in [1.29, 1.82) is 0 Å². The highest BCUT2D eigenvalue weighted by Crippen LogP contribution is 2.36. The van der Waals surface area contributed by atoms with E-state index in [0.717, 1.165) is 6.20 Å². The zero-order valence-electron chi connectivity index (χ0n) is 10.2. The minimum Gasteiger partial charge on any atom is -0.481 e. The van der Waals surface area contributed by atoms with Crippen LogP contribution in [0, 0.1) is 5.82 Å². The summed E-state index contributed by atoms with van der Waals surface area (Å²) in [5.41, 5.74) is 4.84. The van der Waals surface area contributed by atoms with Crippen LogP contribution in [-0.4, -0.2) is 21.6 Å². The van der Waals surface area contributed by atoms with Crippen LogP contribution in [0.4, 0.5) is 4.39 Å². The summed E-state index contributed by atoms with van der Waals surface area (Å²) in [5, 5.41) is 8.97. The third kappa shape index (κ3) is 2.79. The maximum atomic E-state index is 13.2. The molecule has 0 saturated carbocycles. The first kappa shape index (κ1) is 13.6. The summed E-state index contributed by atoms with van der Waals surface area (Å²) in [6.45, 7) is 5.15. The smallest absolute Gasteiger partial charge is 0.304 e. The molecule has 1 heterocycles. The Morgan fingerprint density at radius 2 is 2.06 bits per heavy atom. The summed E-state index contributed by atoms with van der Waals surface area (Å²) >= 11 is 0. The minimum atomic E-state index is -0.977. The van der Waals surface area contributed by atoms with E-state index in [1.807, 2.05) is 0 Å². The molecule has 0 saturated heterocycles. The fourth-order valence-electron chi connectivity index (χ4n) is 1.72. The van der Waals surface area contributed by atoms with Crippen molar-refractivity contribution >= 4 is 5.97 Å². The Morgan fingerprint density at radius 1 is 1.47 bits per heavy atom. The highest BCUT2D eigenvalue weighted by Gasteiger charge is 2.42. The lowest BCUT2D eigenvalue weighted by molar-refractivity contribution is -0.139. The molecule has 0 amide bonds. The Balaban J connectivity index is 3.29. The first-order valence-corrected chi connectivity index (χ1v) is 5.28. The van der Waals surface area contributed by atoms with Crippen molar-refractivity contribution in [2.75, 3.05) is 0 Å². The molecule has 4 nitrogen and oxygen atoms in total. The second-order valence-corrected chi connectivity index (χ2v) is 5.02. The third-order valence-corrected chi connectivity index (χ3v) is 3.27. The van der Waals surface area contributed by atoms with Gasteiger partial charge in [0.15, 0.2) is 0 Å². The molecule has 0 aliphatic rings. The van der Waals surface area contributed by atoms with E-state index in [2.05, 4.69) is 4.98 Å². The first-order valence-electron chi connectivity index (χ1n) is 5.28. The molecule has 1 unspecified atom stereocenters. The van der Waals surface area contributed by atoms with Gasteiger partial charge >= 0.3 is 5.97 Å². The number of aliphatic carboxylic acids is 1. The molecule has 0 aromatic carbocycles. The standard InChI is InChI=1S/C12H17FN2O2/c1-11(2,14)12(3,5-10(16)17)8-4-9(13)7-15-6-8/h4,6-7H,5,14H2,1-3H3,(H,16,17). The fourth-order valence-corrected chi connectivity index (χ4v) is 1.72. The number of aromatic nitrogens is 1. The van der Waals surface area contributed by atoms with Gasteiger partial charge in [0.25, 0.3) is 0 Å². The fraction of sp³-hybridized carbons (Fsp3) is 0.500. The van der Waals surface area contributed by atoms with Crippen molar-refractivity contribution in [1.82, 2.24) is 4.98 Å². The van der Waals surface area contributed by atoms with Gasteiger partial charge in [-0.2, -0.15) is 0 Å². The Kier molecular flexibility index (Phi) is 3.52. The number of nitrogens with zero attached hydrogens (tertiary/aromatic N) is 1. The molecule has 0 aliphatic carbocycles. The zero-order chi connectivity index (χ0) is 13.3. The molecule has 1 aromatic heterocycles. The first-order chi connectivity index (χ1) is 7.67. The lowest BCUT2D eigenvalue weighted by atomic mass is 9.67. The number of hydrogen-bond donors (Lipinski definition) is 2. The van der Waals surface area contributed by atoms with E-state index in [4.69, 9.17) is 10.8 Å². The molecule has 94 valence electrons. The topological polar surface area (TPSA) is 76.2 Å². The van der Waals surface area contributed by atoms with E-state index in [0.29, 0.717) is 5.56 Å². The molecule has 0 aliphatic heterocycles. The van der Waals surface area contributed by atoms with Gasteiger partial charge in [-0.3, -0.25) is 9.78 Å². The van der Waals surface area contributed by atoms with Crippen LogP contribution in [-0.2, 0) is 10.2 Å². The molecule has 1 aromatic rings. The number of nitrogens with two attached hydrogens (primary N) is 1. The zero-order valence-corrected chi connectivity index (χ0v) is 10.2. The number of carbonyl (C=O) groups is 1. The predicted molar refractivity (Wildman–Crippen MR) is 62.1 cm³/mol. The summed E-state index contributed by atoms with van der Waals surface area (Å²) in [5.74, 6) is -1.47. The van der Waals surface area contributed by atoms with Crippen LogP contribution < -0.4 is 5.73 Å². The second kappa shape index (κ2) is 4.41. The Labute approximate surface area is 99.7 Å². The van der Waals surface area contributed by atoms with Crippen LogP contribution in [0.3, 0.4) is 0 Å². The van der Waals surface area contributed by atoms with Crippen molar-refractivity contribution in [3.05, 3.63) is 29.8 Å². The number of carboxylic acid groups (broad SMARTS) is 1. The molecule has 1 rings (SSSR count). The normalized spacial score (nSPS) is 15.4. The van der Waals surface area contributed by atoms with Crippen molar-refractivity contribution in [3.63, 3.8) is 0 Å². The maximum absolute atomic E-state index is 13.2. The quantitative estimate of drug-likeness (QED) is 0.839. The van der Waals surface area contributed by atoms with Crippen LogP contribution in [0.2, 0.25) is 0 Å². The lowest BCUT2D eigenvalue weighted by Crippen LogP contribution is -2.53. The largest absolute Gasteiger partial charge is 0.481 e. The SMILES string of the molecule is CC(C)(N)C(C)(CC(=O)O)c1cncc(F)c1. The molecular weight excluding hydrogens is 223 g/mol. The second-order valence-electron chi connectivity index (χ2n) is 5.02. The molecule has 0 bridgehead atoms. The van der Waals surface area contributed by atoms with E-state index < -0.39 is 22.7 Å². The minimum absolute atomic E-state index is 0.179. The van der Waals surface area contributed by atoms with Crippen molar-refractivity contribution in [2.24, 2.45) is 5.73 Å². The van der Waals surface area contributed by atoms with E-state index in [1.165, 1.54) is 12.3 Å². The van der Waals surface area contributed by atoms with E-state index in [-0.39, 0.29) is 6.42 Å². The molecule has 3 N–H and O–H groups in total. The van der Waals surface area contributed by atoms with Crippen molar-refractivity contribution < 1.29 is 14.3 Å². The van der Waals surface area contributed by atoms with Crippen LogP contribution in [0.15, 0.2) is 18.5 Å². The average Bonchev–Trinajstić information content (AvgIpc) is 2.14. The summed E-state index contributed by atoms with van der Waals surface area (Å²) < 4.78 is 13.2. The number of carboxylic acids is 1. The van der Waals surface area contributed by atoms with Gasteiger partial charge in [0.05, 0.1) is 12.6 Å². The van der Waals surface area contributed by atoms with Crippen molar-refractivity contribution in [3.8, 4) is 0 Å². The van der Waals surface area contributed by atoms with Gasteiger partial charge in [0.1, 0.15) is 5.82 Å². The summed E-state index contributed by atoms with van der Waals surface area (Å²) in [6, 6.07) is 1.28. The number of hydrogen-bond acceptors (Lipinski definition) is 3. The highest BCUT2D eigenvalue weighted by atomic mass is 19.1. The van der Waals surface area contributed by atoms with Gasteiger partial charge < -0.3 is 10.8 Å². The Hall–Kier alpha value is -1.49. The van der Waals surface area contributed by atoms with Crippen LogP contribution in [0.1, 0.15) is 32.8 Å². The molecule has 1 atom stereocenters. The summed E-state index contributed by atoms with van der Waals surface area (Å²) in [7, 11) is 0. The molecule has 0 fully saturated rings. The average molecular weight is 240 g/mol. The van der Waals surface area contributed by atoms with Crippen molar-refractivity contribution in [2.45, 2.75) is 38.1 Å². The van der Waals surface area contributed by atoms with E-state index in [1.54, 1.807) is 20.8 Å². The molecule has 17 heavy (non-hydrogen) atoms. The van der Waals surface area contributed by atoms with Gasteiger partial charge in [-0.25, -0.2) is 4.39 Å². The van der Waals surface area contributed by atoms with Gasteiger partial charge in [-0.15, -0.1) is 0 Å². The number of halogens is 1. The molecule has 0 radical (unpaired) electrons.